The molecule has 1 aliphatic carbocycles. The van der Waals surface area contributed by atoms with Gasteiger partial charge in [0.05, 0.1) is 6.07 Å². The van der Waals surface area contributed by atoms with Crippen molar-refractivity contribution in [3.63, 3.8) is 0 Å². The normalized spacial score (nSPS) is 14.6. The molecule has 0 N–H and O–H groups in total. The molecule has 4 aliphatic rings. The maximum Gasteiger partial charge on any atom is 0.333 e. The molecule has 0 unspecified atom stereocenters. The van der Waals surface area contributed by atoms with Crippen molar-refractivity contribution in [1.29, 1.82) is 0 Å². The van der Waals surface area contributed by atoms with E-state index in [9.17, 15) is 24.0 Å². The Hall–Kier alpha value is -5.52. The van der Waals surface area contributed by atoms with Crippen LogP contribution < -0.4 is 14.8 Å². The molecule has 3 aliphatic heterocycles. The number of piperazine rings is 1. The highest BCUT2D eigenvalue weighted by Crippen LogP contribution is 2.42. The summed E-state index contributed by atoms with van der Waals surface area (Å²) in [5.74, 6) is -1.08. The fourth-order valence-corrected chi connectivity index (χ4v) is 7.45. The van der Waals surface area contributed by atoms with Crippen molar-refractivity contribution < 1.29 is 33.2 Å². The average Bonchev–Trinajstić information content (AvgIpc) is 3.51. The number of rotatable bonds is 13. The van der Waals surface area contributed by atoms with Gasteiger partial charge in [0.1, 0.15) is 24.4 Å². The van der Waals surface area contributed by atoms with Gasteiger partial charge in [-0.05, 0) is 70.4 Å². The summed E-state index contributed by atoms with van der Waals surface area (Å²) in [5.41, 5.74) is 5.13. The third kappa shape index (κ3) is 8.02. The summed E-state index contributed by atoms with van der Waals surface area (Å²) in [6.45, 7) is 13.6. The van der Waals surface area contributed by atoms with Crippen molar-refractivity contribution in [2.75, 3.05) is 57.3 Å². The smallest absolute Gasteiger partial charge is 0.333 e. The van der Waals surface area contributed by atoms with Crippen LogP contribution in [0.5, 0.6) is 0 Å². The molecular formula is C42H50N5O7+. The van der Waals surface area contributed by atoms with E-state index in [-0.39, 0.29) is 37.5 Å². The molecule has 12 nitrogen and oxygen atoms in total. The van der Waals surface area contributed by atoms with E-state index in [0.29, 0.717) is 49.6 Å². The Morgan fingerprint density at radius 1 is 0.778 bits per heavy atom. The molecule has 2 aromatic carbocycles. The lowest BCUT2D eigenvalue weighted by molar-refractivity contribution is -0.197. The molecule has 0 aromatic heterocycles. The molecule has 54 heavy (non-hydrogen) atoms. The Bertz CT molecular complexity index is 2070. The number of hydroxylamine groups is 2. The second kappa shape index (κ2) is 17.1. The monoisotopic (exact) mass is 736 g/mol. The van der Waals surface area contributed by atoms with E-state index in [1.165, 1.54) is 0 Å². The van der Waals surface area contributed by atoms with Crippen LogP contribution in [-0.4, -0.2) is 96.8 Å². The molecule has 2 fully saturated rings. The molecule has 2 saturated heterocycles. The van der Waals surface area contributed by atoms with Crippen molar-refractivity contribution in [1.82, 2.24) is 19.4 Å². The predicted octanol–water partition coefficient (Wildman–Crippen LogP) is 5.31. The third-order valence-electron chi connectivity index (χ3n) is 10.5. The number of carbonyl (C=O) groups excluding carboxylic acids is 5. The number of unbranched alkanes of at least 4 members (excludes halogenated alkanes) is 1. The van der Waals surface area contributed by atoms with Gasteiger partial charge in [-0.2, -0.15) is 0 Å². The summed E-state index contributed by atoms with van der Waals surface area (Å²) >= 11 is 0. The van der Waals surface area contributed by atoms with E-state index < -0.39 is 17.8 Å². The van der Waals surface area contributed by atoms with Crippen molar-refractivity contribution in [3.8, 4) is 22.5 Å². The summed E-state index contributed by atoms with van der Waals surface area (Å²) in [6, 6.07) is 20.4. The van der Waals surface area contributed by atoms with Gasteiger partial charge in [-0.3, -0.25) is 19.2 Å². The van der Waals surface area contributed by atoms with Crippen LogP contribution in [0.25, 0.3) is 33.4 Å². The second-order valence-corrected chi connectivity index (χ2v) is 13.7. The number of carbonyl (C=O) groups is 5. The molecule has 0 saturated carbocycles. The quantitative estimate of drug-likeness (QED) is 0.0783. The summed E-state index contributed by atoms with van der Waals surface area (Å²) in [7, 11) is 0. The first-order chi connectivity index (χ1) is 26.2. The average molecular weight is 737 g/mol. The van der Waals surface area contributed by atoms with Gasteiger partial charge in [0.15, 0.2) is 0 Å². The van der Waals surface area contributed by atoms with Crippen LogP contribution in [0.3, 0.4) is 0 Å². The lowest BCUT2D eigenvalue weighted by Gasteiger charge is -2.35. The molecule has 12 heteroatoms. The van der Waals surface area contributed by atoms with E-state index in [0.717, 1.165) is 70.6 Å². The van der Waals surface area contributed by atoms with Crippen molar-refractivity contribution in [3.05, 3.63) is 71.6 Å². The van der Waals surface area contributed by atoms with Gasteiger partial charge < -0.3 is 24.0 Å². The summed E-state index contributed by atoms with van der Waals surface area (Å²) in [6.07, 6.45) is 1.18. The highest BCUT2D eigenvalue weighted by atomic mass is 16.7. The minimum Gasteiger partial charge on any atom is -0.456 e. The number of benzene rings is 3. The molecule has 284 valence electrons. The van der Waals surface area contributed by atoms with Gasteiger partial charge in [0.25, 0.3) is 17.7 Å². The predicted molar refractivity (Wildman–Crippen MR) is 206 cm³/mol. The Morgan fingerprint density at radius 2 is 1.44 bits per heavy atom. The number of hydrogen-bond donors (Lipinski definition) is 0. The lowest BCUT2D eigenvalue weighted by Crippen LogP contribution is -2.50. The summed E-state index contributed by atoms with van der Waals surface area (Å²) in [4.78, 5) is 73.6. The number of imide groups is 1. The first kappa shape index (κ1) is 38.2. The molecule has 4 amide bonds. The Balaban J connectivity index is 1.19. The molecule has 0 spiro atoms. The van der Waals surface area contributed by atoms with Crippen LogP contribution in [0.2, 0.25) is 0 Å². The van der Waals surface area contributed by atoms with E-state index >= 15 is 0 Å². The fraction of sp³-hybridized carbons (Fsp3) is 0.429. The zero-order chi connectivity index (χ0) is 38.4. The minimum absolute atomic E-state index is 0.000281. The summed E-state index contributed by atoms with van der Waals surface area (Å²) < 4.78 is 8.95. The second-order valence-electron chi connectivity index (χ2n) is 13.7. The first-order valence-electron chi connectivity index (χ1n) is 19.2. The summed E-state index contributed by atoms with van der Waals surface area (Å²) in [5, 5.41) is 2.54. The Kier molecular flexibility index (Phi) is 12.1. The fourth-order valence-electron chi connectivity index (χ4n) is 7.45. The van der Waals surface area contributed by atoms with Gasteiger partial charge in [-0.1, -0.05) is 18.2 Å². The molecule has 0 radical (unpaired) electrons. The Labute approximate surface area is 315 Å². The van der Waals surface area contributed by atoms with E-state index in [1.807, 2.05) is 29.2 Å². The van der Waals surface area contributed by atoms with Crippen molar-refractivity contribution in [2.45, 2.75) is 66.2 Å². The van der Waals surface area contributed by atoms with Gasteiger partial charge in [-0.25, -0.2) is 9.37 Å². The van der Waals surface area contributed by atoms with Crippen LogP contribution in [0.1, 0.15) is 76.6 Å². The largest absolute Gasteiger partial charge is 0.456 e. The molecule has 0 atom stereocenters. The first-order valence-corrected chi connectivity index (χ1v) is 19.2. The number of anilines is 1. The third-order valence-corrected chi connectivity index (χ3v) is 10.5. The number of fused-ring (bicyclic) bond motifs is 2. The molecule has 3 heterocycles. The highest BCUT2D eigenvalue weighted by molar-refractivity contribution is 6.09. The van der Waals surface area contributed by atoms with Crippen molar-refractivity contribution in [2.24, 2.45) is 0 Å². The van der Waals surface area contributed by atoms with E-state index in [2.05, 4.69) is 73.6 Å². The van der Waals surface area contributed by atoms with E-state index in [4.69, 9.17) is 9.25 Å². The zero-order valence-electron chi connectivity index (χ0n) is 31.8. The minimum atomic E-state index is -0.668. The van der Waals surface area contributed by atoms with E-state index in [1.54, 1.807) is 4.90 Å². The maximum atomic E-state index is 14.3. The molecule has 2 aromatic rings. The standard InChI is InChI=1S/C42H50N5O7/c1-5-43(6-2)29-17-19-33-35(27-29)53-36-28-30(44(7-3)8-4)18-20-34(36)41(33)31-13-9-10-14-32(31)42(52)46-25-23-45(24-26-46)37(48)15-11-12-16-40(51)54-47-38(49)21-22-39(47)50/h9-10,13-14,17-20,27-28H,5-8,11-12,15-16,21-26H2,1-4H3/q+1. The number of hydrogen-bond acceptors (Lipinski definition) is 8. The van der Waals surface area contributed by atoms with Gasteiger partial charge >= 0.3 is 5.97 Å². The zero-order valence-corrected chi connectivity index (χ0v) is 31.8. The molecule has 0 bridgehead atoms. The van der Waals surface area contributed by atoms with Crippen LogP contribution in [-0.2, 0) is 24.0 Å². The van der Waals surface area contributed by atoms with Gasteiger partial charge in [0, 0.05) is 105 Å². The van der Waals surface area contributed by atoms with Gasteiger partial charge in [0.2, 0.25) is 11.3 Å². The Morgan fingerprint density at radius 3 is 2.13 bits per heavy atom. The number of amides is 4. The number of nitrogens with zero attached hydrogens (tertiary/aromatic N) is 5. The molecule has 6 rings (SSSR count). The maximum absolute atomic E-state index is 14.3. The van der Waals surface area contributed by atoms with Crippen molar-refractivity contribution >= 4 is 46.3 Å². The van der Waals surface area contributed by atoms with Crippen LogP contribution in [0.4, 0.5) is 5.69 Å². The van der Waals surface area contributed by atoms with Crippen LogP contribution in [0, 0.1) is 0 Å². The van der Waals surface area contributed by atoms with Gasteiger partial charge in [-0.15, -0.1) is 5.06 Å². The van der Waals surface area contributed by atoms with Crippen LogP contribution in [0.15, 0.2) is 65.1 Å². The van der Waals surface area contributed by atoms with Crippen LogP contribution >= 0.6 is 0 Å². The lowest BCUT2D eigenvalue weighted by atomic mass is 9.90. The highest BCUT2D eigenvalue weighted by Gasteiger charge is 2.33. The topological polar surface area (TPSA) is 124 Å². The molecular weight excluding hydrogens is 686 g/mol. The SMILES string of the molecule is CCN(CC)c1ccc2c(-c3ccccc3C(=O)N3CCN(C(=O)CCCCC(=O)ON4C(=O)CCC4=O)CC3)c3ccc(=[N+](CC)CC)cc-3oc2c1.